The number of aromatic nitrogens is 1. The van der Waals surface area contributed by atoms with Crippen LogP contribution < -0.4 is 13.9 Å². The molecule has 1 aromatic heterocycles. The van der Waals surface area contributed by atoms with Crippen LogP contribution in [0.3, 0.4) is 0 Å². The van der Waals surface area contributed by atoms with Crippen molar-refractivity contribution in [3.63, 3.8) is 0 Å². The molecule has 7 nitrogen and oxygen atoms in total. The second kappa shape index (κ2) is 6.27. The first-order valence-electron chi connectivity index (χ1n) is 8.29. The molecule has 9 heteroatoms. The van der Waals surface area contributed by atoms with Crippen LogP contribution in [0.2, 0.25) is 0 Å². The van der Waals surface area contributed by atoms with Crippen molar-refractivity contribution < 1.29 is 17.6 Å². The van der Waals surface area contributed by atoms with Crippen LogP contribution >= 0.6 is 0 Å². The number of carbonyl (C=O) groups is 1. The second-order valence-electron chi connectivity index (χ2n) is 6.22. The molecule has 0 saturated heterocycles. The van der Waals surface area contributed by atoms with Gasteiger partial charge in [-0.3, -0.25) is 9.10 Å². The maximum Gasteiger partial charge on any atom is 0.326 e. The van der Waals surface area contributed by atoms with Crippen molar-refractivity contribution in [2.45, 2.75) is 0 Å². The number of nitrogens with zero attached hydrogens (tertiary/aromatic N) is 2. The fourth-order valence-corrected chi connectivity index (χ4v) is 4.58. The van der Waals surface area contributed by atoms with Crippen molar-refractivity contribution in [3.05, 3.63) is 60.0 Å². The van der Waals surface area contributed by atoms with Gasteiger partial charge in [0.05, 0.1) is 17.9 Å². The highest BCUT2D eigenvalue weighted by atomic mass is 32.2. The van der Waals surface area contributed by atoms with Crippen LogP contribution in [0.1, 0.15) is 10.4 Å². The Balaban J connectivity index is 1.48. The lowest BCUT2D eigenvalue weighted by atomic mass is 10.1. The van der Waals surface area contributed by atoms with Crippen LogP contribution in [0.4, 0.5) is 15.8 Å². The first-order chi connectivity index (χ1) is 12.9. The molecular weight excluding hydrogens is 371 g/mol. The minimum Gasteiger partial charge on any atom is -0.361 e. The zero-order valence-electron chi connectivity index (χ0n) is 14.4. The van der Waals surface area contributed by atoms with E-state index in [4.69, 9.17) is 0 Å². The largest absolute Gasteiger partial charge is 0.361 e. The number of fused-ring (bicyclic) bond motifs is 2. The molecule has 0 saturated carbocycles. The van der Waals surface area contributed by atoms with Crippen LogP contribution in [-0.4, -0.2) is 39.4 Å². The van der Waals surface area contributed by atoms with Crippen molar-refractivity contribution in [2.24, 2.45) is 0 Å². The first-order valence-corrected chi connectivity index (χ1v) is 9.69. The minimum absolute atomic E-state index is 0.00126. The number of rotatable bonds is 4. The van der Waals surface area contributed by atoms with E-state index in [-0.39, 0.29) is 24.7 Å². The number of hydrogen-bond acceptors (Lipinski definition) is 3. The minimum atomic E-state index is -3.78. The summed E-state index contributed by atoms with van der Waals surface area (Å²) in [5.41, 5.74) is 2.08. The van der Waals surface area contributed by atoms with Gasteiger partial charge in [0.2, 0.25) is 0 Å². The van der Waals surface area contributed by atoms with Gasteiger partial charge in [-0.15, -0.1) is 0 Å². The third-order valence-electron chi connectivity index (χ3n) is 4.59. The molecule has 0 radical (unpaired) electrons. The number of H-pyrrole nitrogens is 1. The van der Waals surface area contributed by atoms with E-state index >= 15 is 0 Å². The first kappa shape index (κ1) is 17.3. The molecule has 0 spiro atoms. The Morgan fingerprint density at radius 1 is 1.15 bits per heavy atom. The predicted octanol–water partition coefficient (Wildman–Crippen LogP) is 2.24. The maximum atomic E-state index is 13.6. The van der Waals surface area contributed by atoms with E-state index in [2.05, 4.69) is 10.3 Å². The van der Waals surface area contributed by atoms with Crippen LogP contribution in [-0.2, 0) is 10.2 Å². The summed E-state index contributed by atoms with van der Waals surface area (Å²) in [5.74, 6) is -0.824. The summed E-state index contributed by atoms with van der Waals surface area (Å²) in [6, 6.07) is 10.9. The highest BCUT2D eigenvalue weighted by Gasteiger charge is 2.37. The van der Waals surface area contributed by atoms with Gasteiger partial charge < -0.3 is 10.3 Å². The number of nitrogens with one attached hydrogen (secondary N) is 2. The van der Waals surface area contributed by atoms with Crippen LogP contribution in [0, 0.1) is 5.82 Å². The van der Waals surface area contributed by atoms with E-state index in [1.807, 2.05) is 12.1 Å². The van der Waals surface area contributed by atoms with Crippen molar-refractivity contribution in [2.75, 3.05) is 28.7 Å². The lowest BCUT2D eigenvalue weighted by molar-refractivity contribution is 0.0955. The van der Waals surface area contributed by atoms with E-state index in [1.54, 1.807) is 18.3 Å². The molecule has 1 amide bonds. The molecule has 2 N–H and O–H groups in total. The smallest absolute Gasteiger partial charge is 0.326 e. The molecule has 3 aromatic rings. The van der Waals surface area contributed by atoms with E-state index in [0.717, 1.165) is 19.5 Å². The molecule has 2 heterocycles. The molecule has 0 unspecified atom stereocenters. The topological polar surface area (TPSA) is 85.5 Å². The normalized spacial score (nSPS) is 15.2. The Kier molecular flexibility index (Phi) is 4.03. The number of carbonyl (C=O) groups excluding carboxylic acids is 1. The Labute approximate surface area is 155 Å². The Hall–Kier alpha value is -3.07. The number of hydrogen-bond donors (Lipinski definition) is 2. The van der Waals surface area contributed by atoms with Gasteiger partial charge in [0.25, 0.3) is 5.91 Å². The summed E-state index contributed by atoms with van der Waals surface area (Å²) in [4.78, 5) is 15.4. The predicted molar refractivity (Wildman–Crippen MR) is 102 cm³/mol. The summed E-state index contributed by atoms with van der Waals surface area (Å²) in [7, 11) is -2.37. The monoisotopic (exact) mass is 388 g/mol. The van der Waals surface area contributed by atoms with Gasteiger partial charge in [-0.05, 0) is 36.4 Å². The molecule has 2 aromatic carbocycles. The number of anilines is 2. The molecule has 1 aliphatic heterocycles. The molecule has 0 bridgehead atoms. The zero-order valence-corrected chi connectivity index (χ0v) is 15.3. The molecule has 1 aliphatic rings. The number of aromatic amines is 1. The van der Waals surface area contributed by atoms with Crippen LogP contribution in [0.5, 0.6) is 0 Å². The third-order valence-corrected chi connectivity index (χ3v) is 6.41. The van der Waals surface area contributed by atoms with Gasteiger partial charge in [0.15, 0.2) is 0 Å². The van der Waals surface area contributed by atoms with Gasteiger partial charge in [-0.2, -0.15) is 8.42 Å². The summed E-state index contributed by atoms with van der Waals surface area (Å²) in [5, 5.41) is 3.63. The zero-order chi connectivity index (χ0) is 19.2. The molecule has 140 valence electrons. The molecule has 4 rings (SSSR count). The fraction of sp³-hybridized carbons (Fsp3) is 0.167. The molecule has 0 atom stereocenters. The van der Waals surface area contributed by atoms with Crippen molar-refractivity contribution in [1.29, 1.82) is 0 Å². The van der Waals surface area contributed by atoms with Gasteiger partial charge in [-0.25, -0.2) is 8.70 Å². The van der Waals surface area contributed by atoms with E-state index in [1.165, 1.54) is 25.2 Å². The van der Waals surface area contributed by atoms with Gasteiger partial charge in [-0.1, -0.05) is 0 Å². The summed E-state index contributed by atoms with van der Waals surface area (Å²) < 4.78 is 40.8. The van der Waals surface area contributed by atoms with Crippen molar-refractivity contribution in [3.8, 4) is 0 Å². The lowest BCUT2D eigenvalue weighted by Crippen LogP contribution is -2.40. The Morgan fingerprint density at radius 3 is 2.78 bits per heavy atom. The highest BCUT2D eigenvalue weighted by Crippen LogP contribution is 2.39. The molecule has 0 aliphatic carbocycles. The highest BCUT2D eigenvalue weighted by molar-refractivity contribution is 7.94. The number of benzene rings is 2. The van der Waals surface area contributed by atoms with Crippen LogP contribution in [0.15, 0.2) is 48.7 Å². The summed E-state index contributed by atoms with van der Waals surface area (Å²) in [6.45, 7) is 0.0916. The second-order valence-corrected chi connectivity index (χ2v) is 8.10. The van der Waals surface area contributed by atoms with Gasteiger partial charge >= 0.3 is 10.2 Å². The SMILES string of the molecule is CN1c2ccc(F)cc2N(CCNC(=O)c2ccc3[nH]ccc3c2)S1(=O)=O. The Morgan fingerprint density at radius 2 is 1.96 bits per heavy atom. The number of amides is 1. The third kappa shape index (κ3) is 2.89. The molecular formula is C18H17FN4O3S. The van der Waals surface area contributed by atoms with Crippen molar-refractivity contribution in [1.82, 2.24) is 10.3 Å². The van der Waals surface area contributed by atoms with Gasteiger partial charge in [0.1, 0.15) is 5.82 Å². The fourth-order valence-electron chi connectivity index (χ4n) is 3.16. The van der Waals surface area contributed by atoms with Gasteiger partial charge in [0, 0.05) is 42.3 Å². The summed E-state index contributed by atoms with van der Waals surface area (Å²) >= 11 is 0. The van der Waals surface area contributed by atoms with Crippen molar-refractivity contribution >= 4 is 38.4 Å². The lowest BCUT2D eigenvalue weighted by Gasteiger charge is -2.19. The van der Waals surface area contributed by atoms with E-state index < -0.39 is 16.0 Å². The van der Waals surface area contributed by atoms with Crippen LogP contribution in [0.25, 0.3) is 10.9 Å². The Bertz CT molecular complexity index is 1140. The molecule has 0 fully saturated rings. The average molecular weight is 388 g/mol. The average Bonchev–Trinajstić information content (AvgIpc) is 3.17. The maximum absolute atomic E-state index is 13.6. The van der Waals surface area contributed by atoms with E-state index in [9.17, 15) is 17.6 Å². The number of halogens is 1. The standard InChI is InChI=1S/C18H17FN4O3S/c1-22-16-5-3-14(19)11-17(16)23(27(22,25)26)9-8-21-18(24)13-2-4-15-12(10-13)6-7-20-15/h2-7,10-11,20H,8-9H2,1H3,(H,21,24). The quantitative estimate of drug-likeness (QED) is 0.719. The summed E-state index contributed by atoms with van der Waals surface area (Å²) in [6.07, 6.45) is 1.79. The molecule has 27 heavy (non-hydrogen) atoms. The van der Waals surface area contributed by atoms with E-state index in [0.29, 0.717) is 11.3 Å².